The minimum absolute atomic E-state index is 0.339. The van der Waals surface area contributed by atoms with Gasteiger partial charge in [0.15, 0.2) is 0 Å². The van der Waals surface area contributed by atoms with Gasteiger partial charge in [-0.25, -0.2) is 14.0 Å². The molecule has 0 N–H and O–H groups in total. The molecule has 0 atom stereocenters. The molecule has 6 nitrogen and oxygen atoms in total. The maximum absolute atomic E-state index is 4.86. The number of aryl methyl sites for hydroxylation is 2. The molecule has 6 heteroatoms. The van der Waals surface area contributed by atoms with Gasteiger partial charge in [-0.1, -0.05) is 60.7 Å². The van der Waals surface area contributed by atoms with Gasteiger partial charge in [-0.3, -0.25) is 0 Å². The molecule has 3 heterocycles. The Morgan fingerprint density at radius 1 is 0.633 bits per heavy atom. The van der Waals surface area contributed by atoms with E-state index in [1.165, 1.54) is 0 Å². The molecule has 30 heavy (non-hydrogen) atoms. The molecule has 0 amide bonds. The molecule has 0 fully saturated rings. The predicted molar refractivity (Wildman–Crippen MR) is 117 cm³/mol. The second-order valence-corrected chi connectivity index (χ2v) is 7.31. The van der Waals surface area contributed by atoms with Crippen LogP contribution in [0.1, 0.15) is 17.7 Å². The summed E-state index contributed by atoms with van der Waals surface area (Å²) in [5.74, 6) is 0. The van der Waals surface area contributed by atoms with Gasteiger partial charge in [0.05, 0.1) is 17.1 Å². The van der Waals surface area contributed by atoms with Gasteiger partial charge in [0.1, 0.15) is 0 Å². The summed E-state index contributed by atoms with van der Waals surface area (Å²) in [6, 6.07) is 26.5. The molecule has 0 aliphatic rings. The van der Waals surface area contributed by atoms with Crippen LogP contribution in [0.2, 0.25) is 0 Å². The molecule has 3 aromatic heterocycles. The van der Waals surface area contributed by atoms with Crippen LogP contribution in [-0.2, 0) is 0 Å². The molecule has 0 saturated heterocycles. The highest BCUT2D eigenvalue weighted by atomic mass is 15.6. The second kappa shape index (κ2) is 7.48. The van der Waals surface area contributed by atoms with Crippen LogP contribution in [0, 0.1) is 13.8 Å². The van der Waals surface area contributed by atoms with Gasteiger partial charge < -0.3 is 0 Å². The smallest absolute Gasteiger partial charge is 0.227 e. The Balaban J connectivity index is 1.60. The summed E-state index contributed by atoms with van der Waals surface area (Å²) >= 11 is 0. The number of benzene rings is 2. The Labute approximate surface area is 175 Å². The largest absolute Gasteiger partial charge is 0.238 e. The standard InChI is InChI=1S/C24H22N6/c1-18-17-19(2)30(25-18)24(28-15-13-22(26-28)20-9-5-3-6-10-20)29-16-14-23(27-29)21-11-7-4-8-12-21/h3-17,24H,1-2H3. The average Bonchev–Trinajstić information content (AvgIpc) is 3.51. The summed E-state index contributed by atoms with van der Waals surface area (Å²) < 4.78 is 5.77. The lowest BCUT2D eigenvalue weighted by Gasteiger charge is -2.20. The maximum Gasteiger partial charge on any atom is 0.238 e. The van der Waals surface area contributed by atoms with E-state index in [0.29, 0.717) is 0 Å². The lowest BCUT2D eigenvalue weighted by molar-refractivity contribution is 0.280. The van der Waals surface area contributed by atoms with Crippen LogP contribution >= 0.6 is 0 Å². The first kappa shape index (κ1) is 18.1. The van der Waals surface area contributed by atoms with Gasteiger partial charge in [-0.15, -0.1) is 0 Å². The van der Waals surface area contributed by atoms with Crippen LogP contribution in [0.15, 0.2) is 91.3 Å². The topological polar surface area (TPSA) is 53.5 Å². The van der Waals surface area contributed by atoms with E-state index in [1.807, 2.05) is 81.9 Å². The van der Waals surface area contributed by atoms with E-state index < -0.39 is 0 Å². The van der Waals surface area contributed by atoms with Gasteiger partial charge in [0.2, 0.25) is 6.29 Å². The molecule has 0 spiro atoms. The van der Waals surface area contributed by atoms with Crippen molar-refractivity contribution in [2.45, 2.75) is 20.1 Å². The second-order valence-electron chi connectivity index (χ2n) is 7.31. The van der Waals surface area contributed by atoms with Crippen molar-refractivity contribution >= 4 is 0 Å². The van der Waals surface area contributed by atoms with Crippen LogP contribution in [0.4, 0.5) is 0 Å². The predicted octanol–water partition coefficient (Wildman–Crippen LogP) is 4.78. The molecule has 148 valence electrons. The Kier molecular flexibility index (Phi) is 4.52. The highest BCUT2D eigenvalue weighted by Gasteiger charge is 2.21. The van der Waals surface area contributed by atoms with E-state index in [1.54, 1.807) is 0 Å². The molecule has 2 aromatic carbocycles. The van der Waals surface area contributed by atoms with E-state index in [4.69, 9.17) is 15.3 Å². The summed E-state index contributed by atoms with van der Waals surface area (Å²) in [5.41, 5.74) is 5.99. The van der Waals surface area contributed by atoms with Crippen molar-refractivity contribution in [2.75, 3.05) is 0 Å². The zero-order valence-electron chi connectivity index (χ0n) is 16.9. The SMILES string of the molecule is Cc1cc(C)n(C(n2ccc(-c3ccccc3)n2)n2ccc(-c3ccccc3)n2)n1. The summed E-state index contributed by atoms with van der Waals surface area (Å²) in [5, 5.41) is 14.4. The molecule has 0 unspecified atom stereocenters. The van der Waals surface area contributed by atoms with Crippen molar-refractivity contribution in [3.63, 3.8) is 0 Å². The lowest BCUT2D eigenvalue weighted by atomic mass is 10.2. The first-order chi connectivity index (χ1) is 14.7. The lowest BCUT2D eigenvalue weighted by Crippen LogP contribution is -2.28. The zero-order chi connectivity index (χ0) is 20.5. The fourth-order valence-corrected chi connectivity index (χ4v) is 3.68. The van der Waals surface area contributed by atoms with Gasteiger partial charge in [-0.05, 0) is 32.0 Å². The third-order valence-corrected chi connectivity index (χ3v) is 5.09. The number of nitrogens with zero attached hydrogens (tertiary/aromatic N) is 6. The van der Waals surface area contributed by atoms with Crippen molar-refractivity contribution in [1.82, 2.24) is 29.3 Å². The van der Waals surface area contributed by atoms with Crippen molar-refractivity contribution in [3.8, 4) is 22.5 Å². The molecule has 0 aliphatic heterocycles. The Bertz CT molecular complexity index is 1190. The van der Waals surface area contributed by atoms with Gasteiger partial charge in [-0.2, -0.15) is 15.3 Å². The highest BCUT2D eigenvalue weighted by Crippen LogP contribution is 2.23. The van der Waals surface area contributed by atoms with Crippen LogP contribution < -0.4 is 0 Å². The fraction of sp³-hybridized carbons (Fsp3) is 0.125. The normalized spacial score (nSPS) is 11.3. The van der Waals surface area contributed by atoms with Crippen molar-refractivity contribution in [3.05, 3.63) is 103 Å². The van der Waals surface area contributed by atoms with Crippen LogP contribution in [-0.4, -0.2) is 29.3 Å². The molecular formula is C24H22N6. The minimum Gasteiger partial charge on any atom is -0.227 e. The quantitative estimate of drug-likeness (QED) is 0.431. The Morgan fingerprint density at radius 2 is 1.13 bits per heavy atom. The first-order valence-electron chi connectivity index (χ1n) is 9.93. The summed E-state index contributed by atoms with van der Waals surface area (Å²) in [4.78, 5) is 0. The molecule has 0 radical (unpaired) electrons. The van der Waals surface area contributed by atoms with Crippen molar-refractivity contribution in [1.29, 1.82) is 0 Å². The van der Waals surface area contributed by atoms with E-state index >= 15 is 0 Å². The zero-order valence-corrected chi connectivity index (χ0v) is 16.9. The third kappa shape index (κ3) is 3.33. The molecule has 5 aromatic rings. The number of aromatic nitrogens is 6. The Morgan fingerprint density at radius 3 is 1.57 bits per heavy atom. The summed E-state index contributed by atoms with van der Waals surface area (Å²) in [7, 11) is 0. The van der Waals surface area contributed by atoms with Crippen molar-refractivity contribution in [2.24, 2.45) is 0 Å². The molecule has 0 aliphatic carbocycles. The first-order valence-corrected chi connectivity index (χ1v) is 9.93. The number of rotatable bonds is 5. The molecular weight excluding hydrogens is 372 g/mol. The third-order valence-electron chi connectivity index (χ3n) is 5.09. The fourth-order valence-electron chi connectivity index (χ4n) is 3.68. The highest BCUT2D eigenvalue weighted by molar-refractivity contribution is 5.59. The van der Waals surface area contributed by atoms with Crippen LogP contribution in [0.25, 0.3) is 22.5 Å². The summed E-state index contributed by atoms with van der Waals surface area (Å²) in [6.07, 6.45) is 3.62. The van der Waals surface area contributed by atoms with Gasteiger partial charge in [0.25, 0.3) is 0 Å². The van der Waals surface area contributed by atoms with E-state index in [-0.39, 0.29) is 6.29 Å². The van der Waals surface area contributed by atoms with E-state index in [2.05, 4.69) is 37.3 Å². The molecule has 0 saturated carbocycles. The monoisotopic (exact) mass is 394 g/mol. The molecule has 0 bridgehead atoms. The number of hydrogen-bond donors (Lipinski definition) is 0. The van der Waals surface area contributed by atoms with Gasteiger partial charge in [0, 0.05) is 29.2 Å². The van der Waals surface area contributed by atoms with Crippen LogP contribution in [0.5, 0.6) is 0 Å². The number of hydrogen-bond acceptors (Lipinski definition) is 3. The summed E-state index contributed by atoms with van der Waals surface area (Å²) in [6.45, 7) is 4.05. The Hall–Kier alpha value is -3.93. The molecule has 5 rings (SSSR count). The average molecular weight is 394 g/mol. The van der Waals surface area contributed by atoms with Crippen LogP contribution in [0.3, 0.4) is 0 Å². The van der Waals surface area contributed by atoms with E-state index in [9.17, 15) is 0 Å². The minimum atomic E-state index is -0.339. The van der Waals surface area contributed by atoms with Crippen molar-refractivity contribution < 1.29 is 0 Å². The maximum atomic E-state index is 4.86. The van der Waals surface area contributed by atoms with E-state index in [0.717, 1.165) is 33.9 Å². The van der Waals surface area contributed by atoms with Gasteiger partial charge >= 0.3 is 0 Å².